The third-order valence-corrected chi connectivity index (χ3v) is 4.01. The molecule has 4 nitrogen and oxygen atoms in total. The Labute approximate surface area is 143 Å². The zero-order chi connectivity index (χ0) is 16.1. The zero-order valence-electron chi connectivity index (χ0n) is 12.2. The Morgan fingerprint density at radius 2 is 1.74 bits per heavy atom. The summed E-state index contributed by atoms with van der Waals surface area (Å²) in [5, 5.41) is 3.17. The lowest BCUT2D eigenvalue weighted by atomic mass is 10.2. The summed E-state index contributed by atoms with van der Waals surface area (Å²) in [6.45, 7) is 0.904. The van der Waals surface area contributed by atoms with E-state index in [2.05, 4.69) is 4.98 Å². The van der Waals surface area contributed by atoms with Crippen molar-refractivity contribution in [3.8, 4) is 22.8 Å². The van der Waals surface area contributed by atoms with Gasteiger partial charge in [-0.15, -0.1) is 11.3 Å². The maximum Gasteiger partial charge on any atom is 0.180 e. The van der Waals surface area contributed by atoms with Crippen LogP contribution >= 0.6 is 22.9 Å². The summed E-state index contributed by atoms with van der Waals surface area (Å²) in [6, 6.07) is 15.0. The van der Waals surface area contributed by atoms with Gasteiger partial charge in [-0.2, -0.15) is 0 Å². The maximum atomic E-state index is 5.83. The van der Waals surface area contributed by atoms with Crippen LogP contribution in [0.2, 0.25) is 5.02 Å². The Morgan fingerprint density at radius 1 is 1.00 bits per heavy atom. The van der Waals surface area contributed by atoms with Gasteiger partial charge in [0.05, 0.1) is 5.69 Å². The van der Waals surface area contributed by atoms with Crippen molar-refractivity contribution in [2.75, 3.05) is 18.9 Å². The van der Waals surface area contributed by atoms with Crippen molar-refractivity contribution in [1.29, 1.82) is 0 Å². The van der Waals surface area contributed by atoms with Crippen molar-refractivity contribution >= 4 is 28.1 Å². The molecule has 2 N–H and O–H groups in total. The van der Waals surface area contributed by atoms with Crippen LogP contribution in [0.1, 0.15) is 0 Å². The number of thiazole rings is 1. The fourth-order valence-electron chi connectivity index (χ4n) is 2.02. The number of anilines is 1. The highest BCUT2D eigenvalue weighted by atomic mass is 35.5. The number of halogens is 1. The Hall–Kier alpha value is -2.24. The summed E-state index contributed by atoms with van der Waals surface area (Å²) < 4.78 is 11.3. The van der Waals surface area contributed by atoms with Gasteiger partial charge in [0.25, 0.3) is 0 Å². The minimum Gasteiger partial charge on any atom is -0.490 e. The molecule has 0 aliphatic rings. The first-order valence-corrected chi connectivity index (χ1v) is 8.29. The minimum atomic E-state index is 0.450. The molecule has 0 amide bonds. The molecule has 2 aromatic carbocycles. The Bertz CT molecular complexity index is 774. The monoisotopic (exact) mass is 346 g/mol. The molecule has 0 atom stereocenters. The highest BCUT2D eigenvalue weighted by Crippen LogP contribution is 2.26. The van der Waals surface area contributed by atoms with E-state index in [1.54, 1.807) is 12.1 Å². The molecule has 6 heteroatoms. The SMILES string of the molecule is Nc1nc(-c2cccc(OCCOc3ccc(Cl)cc3)c2)cs1. The van der Waals surface area contributed by atoms with Gasteiger partial charge in [-0.1, -0.05) is 23.7 Å². The molecule has 0 saturated heterocycles. The lowest BCUT2D eigenvalue weighted by Gasteiger charge is -2.09. The smallest absolute Gasteiger partial charge is 0.180 e. The Morgan fingerprint density at radius 3 is 2.43 bits per heavy atom. The molecule has 3 rings (SSSR count). The van der Waals surface area contributed by atoms with Gasteiger partial charge in [0.1, 0.15) is 24.7 Å². The first kappa shape index (κ1) is 15.6. The average Bonchev–Trinajstić information content (AvgIpc) is 3.00. The van der Waals surface area contributed by atoms with Crippen LogP contribution in [0.25, 0.3) is 11.3 Å². The lowest BCUT2D eigenvalue weighted by Crippen LogP contribution is -2.08. The van der Waals surface area contributed by atoms with E-state index in [1.807, 2.05) is 41.8 Å². The van der Waals surface area contributed by atoms with Gasteiger partial charge < -0.3 is 15.2 Å². The summed E-state index contributed by atoms with van der Waals surface area (Å²) in [7, 11) is 0. The number of rotatable bonds is 6. The van der Waals surface area contributed by atoms with E-state index >= 15 is 0 Å². The van der Waals surface area contributed by atoms with Crippen molar-refractivity contribution in [3.63, 3.8) is 0 Å². The van der Waals surface area contributed by atoms with E-state index in [0.717, 1.165) is 22.8 Å². The Kier molecular flexibility index (Phi) is 5.00. The van der Waals surface area contributed by atoms with E-state index in [0.29, 0.717) is 23.4 Å². The van der Waals surface area contributed by atoms with Crippen molar-refractivity contribution in [2.24, 2.45) is 0 Å². The van der Waals surface area contributed by atoms with Gasteiger partial charge in [0, 0.05) is 16.0 Å². The van der Waals surface area contributed by atoms with Crippen LogP contribution in [-0.4, -0.2) is 18.2 Å². The summed E-state index contributed by atoms with van der Waals surface area (Å²) in [5.74, 6) is 1.54. The second-order valence-electron chi connectivity index (χ2n) is 4.75. The van der Waals surface area contributed by atoms with Gasteiger partial charge in [0.2, 0.25) is 0 Å². The first-order valence-electron chi connectivity index (χ1n) is 7.03. The fourth-order valence-corrected chi connectivity index (χ4v) is 2.71. The van der Waals surface area contributed by atoms with E-state index in [9.17, 15) is 0 Å². The normalized spacial score (nSPS) is 10.5. The molecule has 0 fully saturated rings. The molecular weight excluding hydrogens is 332 g/mol. The molecule has 118 valence electrons. The maximum absolute atomic E-state index is 5.83. The first-order chi connectivity index (χ1) is 11.2. The second-order valence-corrected chi connectivity index (χ2v) is 6.08. The number of hydrogen-bond acceptors (Lipinski definition) is 5. The van der Waals surface area contributed by atoms with E-state index in [1.165, 1.54) is 11.3 Å². The zero-order valence-corrected chi connectivity index (χ0v) is 13.8. The molecule has 0 radical (unpaired) electrons. The molecule has 0 unspecified atom stereocenters. The number of ether oxygens (including phenoxy) is 2. The number of nitrogens with two attached hydrogens (primary N) is 1. The number of aromatic nitrogens is 1. The van der Waals surface area contributed by atoms with Crippen LogP contribution in [0.4, 0.5) is 5.13 Å². The quantitative estimate of drug-likeness (QED) is 0.667. The van der Waals surface area contributed by atoms with Gasteiger partial charge in [0.15, 0.2) is 5.13 Å². The van der Waals surface area contributed by atoms with E-state index in [4.69, 9.17) is 26.8 Å². The van der Waals surface area contributed by atoms with Crippen LogP contribution in [0.15, 0.2) is 53.9 Å². The molecule has 0 aliphatic carbocycles. The summed E-state index contributed by atoms with van der Waals surface area (Å²) in [4.78, 5) is 4.27. The summed E-state index contributed by atoms with van der Waals surface area (Å²) >= 11 is 7.25. The second kappa shape index (κ2) is 7.35. The minimum absolute atomic E-state index is 0.450. The van der Waals surface area contributed by atoms with Crippen molar-refractivity contribution in [2.45, 2.75) is 0 Å². The van der Waals surface area contributed by atoms with Gasteiger partial charge in [-0.25, -0.2) is 4.98 Å². The van der Waals surface area contributed by atoms with Gasteiger partial charge >= 0.3 is 0 Å². The van der Waals surface area contributed by atoms with Crippen molar-refractivity contribution in [1.82, 2.24) is 4.98 Å². The fraction of sp³-hybridized carbons (Fsp3) is 0.118. The molecule has 0 saturated carbocycles. The van der Waals surface area contributed by atoms with E-state index < -0.39 is 0 Å². The lowest BCUT2D eigenvalue weighted by molar-refractivity contribution is 0.217. The number of hydrogen-bond donors (Lipinski definition) is 1. The largest absolute Gasteiger partial charge is 0.490 e. The van der Waals surface area contributed by atoms with Gasteiger partial charge in [-0.3, -0.25) is 0 Å². The number of nitrogens with zero attached hydrogens (tertiary/aromatic N) is 1. The van der Waals surface area contributed by atoms with Crippen LogP contribution in [0, 0.1) is 0 Å². The predicted molar refractivity (Wildman–Crippen MR) is 94.4 cm³/mol. The molecule has 1 aromatic heterocycles. The standard InChI is InChI=1S/C17H15ClN2O2S/c18-13-4-6-14(7-5-13)21-8-9-22-15-3-1-2-12(10-15)16-11-23-17(19)20-16/h1-7,10-11H,8-9H2,(H2,19,20). The summed E-state index contributed by atoms with van der Waals surface area (Å²) in [6.07, 6.45) is 0. The average molecular weight is 347 g/mol. The molecule has 3 aromatic rings. The van der Waals surface area contributed by atoms with Crippen LogP contribution in [0.5, 0.6) is 11.5 Å². The molecule has 0 bridgehead atoms. The van der Waals surface area contributed by atoms with Crippen molar-refractivity contribution in [3.05, 3.63) is 58.9 Å². The van der Waals surface area contributed by atoms with Crippen LogP contribution in [0.3, 0.4) is 0 Å². The summed E-state index contributed by atoms with van der Waals surface area (Å²) in [5.41, 5.74) is 7.51. The Balaban J connectivity index is 1.53. The number of benzene rings is 2. The molecule has 0 aliphatic heterocycles. The van der Waals surface area contributed by atoms with Crippen molar-refractivity contribution < 1.29 is 9.47 Å². The number of nitrogen functional groups attached to an aromatic ring is 1. The molecule has 23 heavy (non-hydrogen) atoms. The third kappa shape index (κ3) is 4.37. The highest BCUT2D eigenvalue weighted by molar-refractivity contribution is 7.13. The molecular formula is C17H15ClN2O2S. The highest BCUT2D eigenvalue weighted by Gasteiger charge is 2.04. The van der Waals surface area contributed by atoms with E-state index in [-0.39, 0.29) is 0 Å². The molecule has 0 spiro atoms. The van der Waals surface area contributed by atoms with Crippen LogP contribution in [-0.2, 0) is 0 Å². The molecule has 1 heterocycles. The topological polar surface area (TPSA) is 57.4 Å². The van der Waals surface area contributed by atoms with Crippen LogP contribution < -0.4 is 15.2 Å². The third-order valence-electron chi connectivity index (χ3n) is 3.09. The predicted octanol–water partition coefficient (Wildman–Crippen LogP) is 4.50. The van der Waals surface area contributed by atoms with Gasteiger partial charge in [-0.05, 0) is 36.4 Å².